The molecule has 2 saturated heterocycles. The fourth-order valence-corrected chi connectivity index (χ4v) is 4.04. The molecule has 3 heterocycles. The molecule has 5 nitrogen and oxygen atoms in total. The van der Waals surface area contributed by atoms with Gasteiger partial charge in [-0.3, -0.25) is 4.90 Å². The Morgan fingerprint density at radius 2 is 1.56 bits per heavy atom. The largest absolute Gasteiger partial charge is 0.341 e. The molecule has 2 aliphatic rings. The molecule has 0 saturated carbocycles. The van der Waals surface area contributed by atoms with Crippen LogP contribution in [0.4, 0.5) is 5.95 Å². The molecule has 2 aliphatic heterocycles. The van der Waals surface area contributed by atoms with Crippen LogP contribution in [0.5, 0.6) is 0 Å². The van der Waals surface area contributed by atoms with Crippen molar-refractivity contribution in [1.29, 1.82) is 0 Å². The van der Waals surface area contributed by atoms with Gasteiger partial charge in [0.05, 0.1) is 0 Å². The van der Waals surface area contributed by atoms with Crippen molar-refractivity contribution in [3.63, 3.8) is 0 Å². The molecule has 158 valence electrons. The van der Waals surface area contributed by atoms with Gasteiger partial charge in [0.1, 0.15) is 0 Å². The number of piperidine rings is 1. The summed E-state index contributed by atoms with van der Waals surface area (Å²) in [7, 11) is 2.06. The predicted octanol–water partition coefficient (Wildman–Crippen LogP) is 3.78. The van der Waals surface area contributed by atoms with Crippen LogP contribution < -0.4 is 10.2 Å². The molecule has 0 amide bonds. The number of aryl methyl sites for hydroxylation is 2. The van der Waals surface area contributed by atoms with E-state index in [4.69, 9.17) is 9.97 Å². The number of rotatable bonds is 4. The minimum absolute atomic E-state index is 0. The summed E-state index contributed by atoms with van der Waals surface area (Å²) in [5, 5.41) is 3.38. The minimum Gasteiger partial charge on any atom is -0.341 e. The zero-order valence-electron chi connectivity index (χ0n) is 17.2. The van der Waals surface area contributed by atoms with E-state index in [1.807, 2.05) is 0 Å². The molecule has 0 aromatic carbocycles. The first-order valence-corrected chi connectivity index (χ1v) is 9.37. The van der Waals surface area contributed by atoms with E-state index in [0.717, 1.165) is 37.0 Å². The second-order valence-corrected chi connectivity index (χ2v) is 8.35. The van der Waals surface area contributed by atoms with Gasteiger partial charge in [0.2, 0.25) is 5.95 Å². The van der Waals surface area contributed by atoms with Gasteiger partial charge in [-0.15, -0.1) is 37.2 Å². The molecule has 0 atom stereocenters. The van der Waals surface area contributed by atoms with Gasteiger partial charge in [-0.25, -0.2) is 9.97 Å². The first-order chi connectivity index (χ1) is 11.4. The molecule has 27 heavy (non-hydrogen) atoms. The fourth-order valence-electron chi connectivity index (χ4n) is 4.04. The van der Waals surface area contributed by atoms with Crippen molar-refractivity contribution in [3.05, 3.63) is 17.0 Å². The molecule has 0 unspecified atom stereocenters. The molecule has 1 aromatic rings. The van der Waals surface area contributed by atoms with Crippen LogP contribution in [0.2, 0.25) is 0 Å². The zero-order chi connectivity index (χ0) is 17.3. The number of hydrogen-bond acceptors (Lipinski definition) is 5. The molecule has 0 aliphatic carbocycles. The van der Waals surface area contributed by atoms with Gasteiger partial charge in [-0.1, -0.05) is 13.8 Å². The van der Waals surface area contributed by atoms with Crippen LogP contribution in [-0.2, 0) is 6.54 Å². The number of halogens is 3. The predicted molar refractivity (Wildman–Crippen MR) is 121 cm³/mol. The van der Waals surface area contributed by atoms with Crippen LogP contribution in [0, 0.1) is 19.3 Å². The van der Waals surface area contributed by atoms with Gasteiger partial charge in [-0.05, 0) is 52.1 Å². The van der Waals surface area contributed by atoms with Crippen LogP contribution in [0.1, 0.15) is 50.1 Å². The lowest BCUT2D eigenvalue weighted by molar-refractivity contribution is 0.283. The van der Waals surface area contributed by atoms with Gasteiger partial charge < -0.3 is 10.2 Å². The van der Waals surface area contributed by atoms with Gasteiger partial charge >= 0.3 is 0 Å². The average molecular weight is 441 g/mol. The van der Waals surface area contributed by atoms with Crippen LogP contribution in [0.3, 0.4) is 0 Å². The van der Waals surface area contributed by atoms with E-state index >= 15 is 0 Å². The molecule has 3 rings (SSSR count). The molecule has 2 fully saturated rings. The number of hydrogen-bond donors (Lipinski definition) is 1. The van der Waals surface area contributed by atoms with Crippen LogP contribution in [-0.4, -0.2) is 54.1 Å². The molecular formula is C19H36Cl3N5. The van der Waals surface area contributed by atoms with E-state index in [9.17, 15) is 0 Å². The summed E-state index contributed by atoms with van der Waals surface area (Å²) in [5.41, 5.74) is 4.07. The topological polar surface area (TPSA) is 44.3 Å². The molecule has 0 bridgehead atoms. The third kappa shape index (κ3) is 6.60. The fraction of sp³-hybridized carbons (Fsp3) is 0.789. The van der Waals surface area contributed by atoms with Crippen molar-refractivity contribution in [3.8, 4) is 0 Å². The smallest absolute Gasteiger partial charge is 0.225 e. The molecule has 0 radical (unpaired) electrons. The van der Waals surface area contributed by atoms with Crippen molar-refractivity contribution in [2.45, 2.75) is 59.5 Å². The Balaban J connectivity index is 0.00000225. The summed E-state index contributed by atoms with van der Waals surface area (Å²) in [6.07, 6.45) is 3.62. The highest BCUT2D eigenvalue weighted by Gasteiger charge is 2.30. The molecule has 0 spiro atoms. The second-order valence-electron chi connectivity index (χ2n) is 8.35. The normalized spacial score (nSPS) is 19.8. The monoisotopic (exact) mass is 439 g/mol. The third-order valence-electron chi connectivity index (χ3n) is 5.73. The van der Waals surface area contributed by atoms with Gasteiger partial charge in [0.15, 0.2) is 0 Å². The van der Waals surface area contributed by atoms with E-state index in [2.05, 4.69) is 49.9 Å². The Kier molecular flexibility index (Phi) is 10.9. The Labute approximate surface area is 183 Å². The highest BCUT2D eigenvalue weighted by molar-refractivity contribution is 5.86. The molecule has 8 heteroatoms. The van der Waals surface area contributed by atoms with Crippen molar-refractivity contribution >= 4 is 43.2 Å². The number of aromatic nitrogens is 2. The number of likely N-dealkylation sites (tertiary alicyclic amines) is 1. The van der Waals surface area contributed by atoms with Crippen molar-refractivity contribution in [2.24, 2.45) is 5.41 Å². The number of nitrogens with zero attached hydrogens (tertiary/aromatic N) is 4. The molecule has 1 aromatic heterocycles. The quantitative estimate of drug-likeness (QED) is 0.772. The van der Waals surface area contributed by atoms with Gasteiger partial charge in [0.25, 0.3) is 0 Å². The van der Waals surface area contributed by atoms with Crippen LogP contribution in [0.25, 0.3) is 0 Å². The van der Waals surface area contributed by atoms with Gasteiger partial charge in [-0.2, -0.15) is 0 Å². The van der Waals surface area contributed by atoms with Crippen molar-refractivity contribution in [2.75, 3.05) is 38.1 Å². The van der Waals surface area contributed by atoms with E-state index in [0.29, 0.717) is 11.5 Å². The second kappa shape index (κ2) is 11.0. The summed E-state index contributed by atoms with van der Waals surface area (Å²) in [6, 6.07) is 0.640. The minimum atomic E-state index is 0. The Bertz CT molecular complexity index is 566. The first kappa shape index (κ1) is 26.7. The highest BCUT2D eigenvalue weighted by atomic mass is 35.5. The van der Waals surface area contributed by atoms with E-state index in [1.54, 1.807) is 0 Å². The maximum absolute atomic E-state index is 4.85. The lowest BCUT2D eigenvalue weighted by atomic mass is 9.93. The SMILES string of the molecule is CNC1CCN(c2nc(C)c(CN3CCC(C)(C)C3)c(C)n2)CC1.Cl.Cl.Cl. The number of anilines is 1. The van der Waals surface area contributed by atoms with Crippen LogP contribution in [0.15, 0.2) is 0 Å². The lowest BCUT2D eigenvalue weighted by Gasteiger charge is -2.32. The average Bonchev–Trinajstić information content (AvgIpc) is 2.89. The molecular weight excluding hydrogens is 405 g/mol. The summed E-state index contributed by atoms with van der Waals surface area (Å²) < 4.78 is 0. The first-order valence-electron chi connectivity index (χ1n) is 9.37. The van der Waals surface area contributed by atoms with Crippen molar-refractivity contribution < 1.29 is 0 Å². The van der Waals surface area contributed by atoms with Gasteiger partial charge in [0, 0.05) is 49.2 Å². The van der Waals surface area contributed by atoms with Crippen LogP contribution >= 0.6 is 37.2 Å². The Morgan fingerprint density at radius 1 is 1.00 bits per heavy atom. The standard InChI is InChI=1S/C19H33N5.3ClH/c1-14-17(12-23-11-8-19(3,4)13-23)15(2)22-18(21-14)24-9-6-16(20-5)7-10-24;;;/h16,20H,6-13H2,1-5H3;3*1H. The maximum atomic E-state index is 4.85. The summed E-state index contributed by atoms with van der Waals surface area (Å²) in [4.78, 5) is 14.6. The zero-order valence-corrected chi connectivity index (χ0v) is 19.7. The lowest BCUT2D eigenvalue weighted by Crippen LogP contribution is -2.42. The van der Waals surface area contributed by atoms with E-state index < -0.39 is 0 Å². The maximum Gasteiger partial charge on any atom is 0.225 e. The van der Waals surface area contributed by atoms with Crippen molar-refractivity contribution in [1.82, 2.24) is 20.2 Å². The third-order valence-corrected chi connectivity index (χ3v) is 5.73. The Hall–Kier alpha value is -0.330. The Morgan fingerprint density at radius 3 is 2.00 bits per heavy atom. The summed E-state index contributed by atoms with van der Waals surface area (Å²) >= 11 is 0. The summed E-state index contributed by atoms with van der Waals surface area (Å²) in [5.74, 6) is 0.921. The summed E-state index contributed by atoms with van der Waals surface area (Å²) in [6.45, 7) is 14.5. The van der Waals surface area contributed by atoms with E-state index in [1.165, 1.54) is 37.9 Å². The highest BCUT2D eigenvalue weighted by Crippen LogP contribution is 2.30. The number of nitrogens with one attached hydrogen (secondary N) is 1. The van der Waals surface area contributed by atoms with E-state index in [-0.39, 0.29) is 37.2 Å². The molecule has 1 N–H and O–H groups in total.